The van der Waals surface area contributed by atoms with E-state index in [1.54, 1.807) is 24.8 Å². The van der Waals surface area contributed by atoms with E-state index in [9.17, 15) is 4.79 Å². The lowest BCUT2D eigenvalue weighted by molar-refractivity contribution is 0.0924. The Hall–Kier alpha value is -2.34. The fourth-order valence-electron chi connectivity index (χ4n) is 3.04. The molecule has 6 heteroatoms. The molecule has 1 saturated heterocycles. The molecule has 2 aromatic heterocycles. The molecule has 1 aliphatic carbocycles. The molecule has 2 aromatic rings. The molecule has 24 heavy (non-hydrogen) atoms. The van der Waals surface area contributed by atoms with Gasteiger partial charge >= 0.3 is 0 Å². The minimum absolute atomic E-state index is 0.00812. The average Bonchev–Trinajstić information content (AvgIpc) is 3.39. The van der Waals surface area contributed by atoms with Crippen molar-refractivity contribution in [3.05, 3.63) is 53.9 Å². The van der Waals surface area contributed by atoms with Crippen molar-refractivity contribution in [2.75, 3.05) is 13.2 Å². The highest BCUT2D eigenvalue weighted by molar-refractivity contribution is 5.93. The maximum Gasteiger partial charge on any atom is 0.254 e. The molecule has 0 spiro atoms. The molecule has 124 valence electrons. The molecular weight excluding hydrogens is 304 g/mol. The molecule has 4 rings (SSSR count). The van der Waals surface area contributed by atoms with Crippen LogP contribution in [0.25, 0.3) is 0 Å². The van der Waals surface area contributed by atoms with Gasteiger partial charge in [-0.05, 0) is 37.0 Å². The maximum absolute atomic E-state index is 12.4. The van der Waals surface area contributed by atoms with Crippen LogP contribution in [0.1, 0.15) is 40.5 Å². The van der Waals surface area contributed by atoms with Gasteiger partial charge in [-0.3, -0.25) is 9.78 Å². The van der Waals surface area contributed by atoms with Crippen LogP contribution in [0.3, 0.4) is 0 Å². The van der Waals surface area contributed by atoms with Crippen LogP contribution < -0.4 is 5.32 Å². The van der Waals surface area contributed by atoms with E-state index in [-0.39, 0.29) is 17.9 Å². The van der Waals surface area contributed by atoms with Gasteiger partial charge in [-0.2, -0.15) is 0 Å². The number of ether oxygens (including phenoxy) is 1. The molecular formula is C18H20N4O2. The first-order chi connectivity index (χ1) is 11.8. The van der Waals surface area contributed by atoms with Gasteiger partial charge in [0.2, 0.25) is 0 Å². The fraction of sp³-hybridized carbons (Fsp3) is 0.444. The fourth-order valence-corrected chi connectivity index (χ4v) is 3.04. The Morgan fingerprint density at radius 1 is 1.17 bits per heavy atom. The monoisotopic (exact) mass is 324 g/mol. The van der Waals surface area contributed by atoms with Gasteiger partial charge in [0.15, 0.2) is 0 Å². The van der Waals surface area contributed by atoms with E-state index in [1.165, 1.54) is 5.56 Å². The summed E-state index contributed by atoms with van der Waals surface area (Å²) in [6.45, 7) is 1.20. The van der Waals surface area contributed by atoms with Crippen LogP contribution in [0.5, 0.6) is 0 Å². The summed E-state index contributed by atoms with van der Waals surface area (Å²) < 4.78 is 5.58. The number of hydrogen-bond acceptors (Lipinski definition) is 5. The van der Waals surface area contributed by atoms with Crippen LogP contribution in [0.15, 0.2) is 36.9 Å². The second kappa shape index (κ2) is 6.65. The molecule has 1 aliphatic heterocycles. The number of carbonyl (C=O) groups excluding carboxylic acids is 1. The largest absolute Gasteiger partial charge is 0.379 e. The third kappa shape index (κ3) is 3.43. The number of aromatic nitrogens is 3. The van der Waals surface area contributed by atoms with Crippen LogP contribution in [0.4, 0.5) is 0 Å². The first kappa shape index (κ1) is 15.2. The van der Waals surface area contributed by atoms with Crippen molar-refractivity contribution in [2.45, 2.75) is 31.2 Å². The third-order valence-corrected chi connectivity index (χ3v) is 4.64. The van der Waals surface area contributed by atoms with E-state index in [0.717, 1.165) is 25.1 Å². The number of amides is 1. The molecule has 2 unspecified atom stereocenters. The molecule has 2 fully saturated rings. The van der Waals surface area contributed by atoms with Gasteiger partial charge in [-0.1, -0.05) is 0 Å². The van der Waals surface area contributed by atoms with E-state index in [4.69, 9.17) is 4.74 Å². The highest BCUT2D eigenvalue weighted by atomic mass is 16.5. The number of rotatable bonds is 5. The first-order valence-corrected chi connectivity index (χ1v) is 8.39. The number of nitrogens with zero attached hydrogens (tertiary/aromatic N) is 3. The van der Waals surface area contributed by atoms with Crippen LogP contribution in [-0.2, 0) is 11.2 Å². The molecule has 0 aromatic carbocycles. The highest BCUT2D eigenvalue weighted by Gasteiger charge is 2.30. The Bertz CT molecular complexity index is 701. The number of nitrogens with one attached hydrogen (secondary N) is 1. The summed E-state index contributed by atoms with van der Waals surface area (Å²) in [5.41, 5.74) is 1.71. The van der Waals surface area contributed by atoms with Gasteiger partial charge < -0.3 is 10.1 Å². The average molecular weight is 324 g/mol. The number of hydrogen-bond donors (Lipinski definition) is 1. The SMILES string of the molecule is O=C(NC1COCC1Cc1ccncc1)c1cnc(C2CC2)nc1. The predicted molar refractivity (Wildman–Crippen MR) is 87.5 cm³/mol. The zero-order valence-corrected chi connectivity index (χ0v) is 13.4. The van der Waals surface area contributed by atoms with Crippen LogP contribution >= 0.6 is 0 Å². The van der Waals surface area contributed by atoms with Crippen molar-refractivity contribution in [3.8, 4) is 0 Å². The topological polar surface area (TPSA) is 77.0 Å². The second-order valence-corrected chi connectivity index (χ2v) is 6.54. The van der Waals surface area contributed by atoms with Crippen LogP contribution in [0.2, 0.25) is 0 Å². The van der Waals surface area contributed by atoms with Crippen molar-refractivity contribution in [1.82, 2.24) is 20.3 Å². The minimum Gasteiger partial charge on any atom is -0.379 e. The molecule has 6 nitrogen and oxygen atoms in total. The summed E-state index contributed by atoms with van der Waals surface area (Å²) in [6, 6.07) is 4.01. The molecule has 2 aliphatic rings. The van der Waals surface area contributed by atoms with E-state index in [2.05, 4.69) is 20.3 Å². The standard InChI is InChI=1S/C18H20N4O2/c23-18(15-8-20-17(21-9-15)13-1-2-13)22-16-11-24-10-14(16)7-12-3-5-19-6-4-12/h3-6,8-9,13-14,16H,1-2,7,10-11H2,(H,22,23). The van der Waals surface area contributed by atoms with Gasteiger partial charge in [0.1, 0.15) is 5.82 Å². The summed E-state index contributed by atoms with van der Waals surface area (Å²) in [7, 11) is 0. The lowest BCUT2D eigenvalue weighted by Crippen LogP contribution is -2.40. The van der Waals surface area contributed by atoms with Crippen molar-refractivity contribution in [2.24, 2.45) is 5.92 Å². The molecule has 1 amide bonds. The van der Waals surface area contributed by atoms with E-state index in [0.29, 0.717) is 24.7 Å². The van der Waals surface area contributed by atoms with Gasteiger partial charge in [0.05, 0.1) is 24.8 Å². The minimum atomic E-state index is -0.132. The van der Waals surface area contributed by atoms with Crippen LogP contribution in [0, 0.1) is 5.92 Å². The third-order valence-electron chi connectivity index (χ3n) is 4.64. The van der Waals surface area contributed by atoms with E-state index >= 15 is 0 Å². The summed E-state index contributed by atoms with van der Waals surface area (Å²) >= 11 is 0. The lowest BCUT2D eigenvalue weighted by atomic mass is 9.95. The Labute approximate surface area is 140 Å². The molecule has 2 atom stereocenters. The van der Waals surface area contributed by atoms with Crippen molar-refractivity contribution >= 4 is 5.91 Å². The van der Waals surface area contributed by atoms with Crippen LogP contribution in [-0.4, -0.2) is 40.1 Å². The Balaban J connectivity index is 1.38. The Morgan fingerprint density at radius 3 is 2.62 bits per heavy atom. The summed E-state index contributed by atoms with van der Waals surface area (Å²) in [6.07, 6.45) is 10.0. The zero-order chi connectivity index (χ0) is 16.4. The van der Waals surface area contributed by atoms with Gasteiger partial charge in [0, 0.05) is 36.6 Å². The van der Waals surface area contributed by atoms with Gasteiger partial charge in [-0.25, -0.2) is 9.97 Å². The van der Waals surface area contributed by atoms with Gasteiger partial charge in [-0.15, -0.1) is 0 Å². The quantitative estimate of drug-likeness (QED) is 0.906. The maximum atomic E-state index is 12.4. The molecule has 1 N–H and O–H groups in total. The lowest BCUT2D eigenvalue weighted by Gasteiger charge is -2.19. The van der Waals surface area contributed by atoms with E-state index < -0.39 is 0 Å². The summed E-state index contributed by atoms with van der Waals surface area (Å²) in [5.74, 6) is 1.48. The zero-order valence-electron chi connectivity index (χ0n) is 13.4. The summed E-state index contributed by atoms with van der Waals surface area (Å²) in [4.78, 5) is 25.1. The van der Waals surface area contributed by atoms with Crippen molar-refractivity contribution in [1.29, 1.82) is 0 Å². The second-order valence-electron chi connectivity index (χ2n) is 6.54. The van der Waals surface area contributed by atoms with E-state index in [1.807, 2.05) is 12.1 Å². The highest BCUT2D eigenvalue weighted by Crippen LogP contribution is 2.37. The molecule has 0 radical (unpaired) electrons. The van der Waals surface area contributed by atoms with Gasteiger partial charge in [0.25, 0.3) is 5.91 Å². The number of carbonyl (C=O) groups is 1. The molecule has 3 heterocycles. The predicted octanol–water partition coefficient (Wildman–Crippen LogP) is 1.74. The van der Waals surface area contributed by atoms with Crippen molar-refractivity contribution in [3.63, 3.8) is 0 Å². The molecule has 1 saturated carbocycles. The summed E-state index contributed by atoms with van der Waals surface area (Å²) in [5, 5.41) is 3.07. The number of pyridine rings is 1. The smallest absolute Gasteiger partial charge is 0.254 e. The Morgan fingerprint density at radius 2 is 1.92 bits per heavy atom. The normalized spacial score (nSPS) is 23.2. The molecule has 0 bridgehead atoms. The Kier molecular flexibility index (Phi) is 4.21. The first-order valence-electron chi connectivity index (χ1n) is 8.39. The van der Waals surface area contributed by atoms with Crippen molar-refractivity contribution < 1.29 is 9.53 Å².